The van der Waals surface area contributed by atoms with Crippen molar-refractivity contribution < 1.29 is 32.6 Å². The number of aliphatic hydroxyl groups is 1. The number of nitrogens with one attached hydrogen (secondary N) is 1. The van der Waals surface area contributed by atoms with Gasteiger partial charge in [-0.05, 0) is 56.2 Å². The molecule has 2 amide bonds. The van der Waals surface area contributed by atoms with Crippen molar-refractivity contribution in [1.82, 2.24) is 9.21 Å². The van der Waals surface area contributed by atoms with Gasteiger partial charge >= 0.3 is 0 Å². The molecule has 4 rings (SSSR count). The molecule has 1 fully saturated rings. The van der Waals surface area contributed by atoms with Crippen molar-refractivity contribution in [1.29, 1.82) is 0 Å². The fraction of sp³-hybridized carbons (Fsp3) is 0.500. The number of fused-ring (bicyclic) bond motifs is 1. The molecule has 0 spiro atoms. The lowest BCUT2D eigenvalue weighted by molar-refractivity contribution is -0.122. The SMILES string of the molecule is C[C@@H]1CN([C@H](C)CO)C(=O)c2cccc(NC(=O)C3CCOCC3)c2O[C@H]1CN(C)S(=O)(=O)c1ccc(Cl)cc1. The Hall–Kier alpha value is -2.70. The number of ether oxygens (including phenoxy) is 2. The van der Waals surface area contributed by atoms with E-state index >= 15 is 0 Å². The zero-order valence-electron chi connectivity index (χ0n) is 22.9. The van der Waals surface area contributed by atoms with E-state index in [2.05, 4.69) is 5.32 Å². The van der Waals surface area contributed by atoms with E-state index in [1.54, 1.807) is 30.0 Å². The van der Waals surface area contributed by atoms with Gasteiger partial charge in [0.15, 0.2) is 5.75 Å². The number of benzene rings is 2. The van der Waals surface area contributed by atoms with E-state index in [9.17, 15) is 23.1 Å². The Labute approximate surface area is 240 Å². The van der Waals surface area contributed by atoms with Crippen molar-refractivity contribution >= 4 is 39.1 Å². The molecule has 0 aromatic heterocycles. The third kappa shape index (κ3) is 6.60. The number of amides is 2. The van der Waals surface area contributed by atoms with Crippen LogP contribution < -0.4 is 10.1 Å². The minimum absolute atomic E-state index is 0.0245. The van der Waals surface area contributed by atoms with Crippen molar-refractivity contribution in [3.63, 3.8) is 0 Å². The molecule has 2 aliphatic heterocycles. The summed E-state index contributed by atoms with van der Waals surface area (Å²) in [5, 5.41) is 13.3. The lowest BCUT2D eigenvalue weighted by Gasteiger charge is -2.38. The molecule has 2 aliphatic rings. The zero-order chi connectivity index (χ0) is 29.0. The molecule has 40 heavy (non-hydrogen) atoms. The van der Waals surface area contributed by atoms with E-state index in [0.717, 1.165) is 0 Å². The summed E-state index contributed by atoms with van der Waals surface area (Å²) >= 11 is 5.95. The van der Waals surface area contributed by atoms with E-state index in [1.165, 1.54) is 35.6 Å². The Morgan fingerprint density at radius 1 is 1.20 bits per heavy atom. The topological polar surface area (TPSA) is 125 Å². The fourth-order valence-electron chi connectivity index (χ4n) is 4.89. The maximum Gasteiger partial charge on any atom is 0.258 e. The smallest absolute Gasteiger partial charge is 0.258 e. The van der Waals surface area contributed by atoms with Crippen molar-refractivity contribution in [2.75, 3.05) is 45.3 Å². The fourth-order valence-corrected chi connectivity index (χ4v) is 6.20. The maximum atomic E-state index is 13.7. The van der Waals surface area contributed by atoms with Gasteiger partial charge in [-0.15, -0.1) is 0 Å². The molecule has 2 N–H and O–H groups in total. The molecular formula is C28H36ClN3O7S. The summed E-state index contributed by atoms with van der Waals surface area (Å²) in [5.74, 6) is -0.913. The average molecular weight is 594 g/mol. The van der Waals surface area contributed by atoms with E-state index in [4.69, 9.17) is 21.1 Å². The van der Waals surface area contributed by atoms with Gasteiger partial charge in [0.05, 0.1) is 35.3 Å². The predicted molar refractivity (Wildman–Crippen MR) is 151 cm³/mol. The first-order valence-electron chi connectivity index (χ1n) is 13.3. The molecule has 2 heterocycles. The summed E-state index contributed by atoms with van der Waals surface area (Å²) in [6.07, 6.45) is 0.499. The number of carbonyl (C=O) groups is 2. The quantitative estimate of drug-likeness (QED) is 0.481. The lowest BCUT2D eigenvalue weighted by atomic mass is 9.98. The Balaban J connectivity index is 1.69. The average Bonchev–Trinajstić information content (AvgIpc) is 2.95. The molecule has 2 aromatic rings. The van der Waals surface area contributed by atoms with E-state index in [1.807, 2.05) is 6.92 Å². The Kier molecular flexibility index (Phi) is 9.73. The molecule has 218 valence electrons. The van der Waals surface area contributed by atoms with Crippen LogP contribution in [0.1, 0.15) is 37.0 Å². The van der Waals surface area contributed by atoms with Crippen LogP contribution in [0, 0.1) is 11.8 Å². The van der Waals surface area contributed by atoms with Crippen molar-refractivity contribution in [3.05, 3.63) is 53.1 Å². The van der Waals surface area contributed by atoms with Gasteiger partial charge in [-0.3, -0.25) is 9.59 Å². The molecule has 10 nitrogen and oxygen atoms in total. The normalized spacial score (nSPS) is 21.2. The number of rotatable bonds is 8. The second-order valence-corrected chi connectivity index (χ2v) is 12.9. The molecule has 0 bridgehead atoms. The molecule has 12 heteroatoms. The number of likely N-dealkylation sites (N-methyl/N-ethyl adjacent to an activating group) is 1. The molecule has 0 radical (unpaired) electrons. The maximum absolute atomic E-state index is 13.7. The van der Waals surface area contributed by atoms with Gasteiger partial charge in [-0.25, -0.2) is 8.42 Å². The standard InChI is InChI=1S/C28H36ClN3O7S/c1-18-15-32(19(2)17-33)28(35)23-5-4-6-24(30-27(34)20-11-13-38-14-12-20)26(23)39-25(18)16-31(3)40(36,37)22-9-7-21(29)8-10-22/h4-10,18-20,25,33H,11-17H2,1-3H3,(H,30,34)/t18-,19-,25+/m1/s1. The van der Waals surface area contributed by atoms with Gasteiger partial charge in [0, 0.05) is 43.7 Å². The van der Waals surface area contributed by atoms with Crippen LogP contribution >= 0.6 is 11.6 Å². The van der Waals surface area contributed by atoms with Crippen LogP contribution in [0.25, 0.3) is 0 Å². The highest BCUT2D eigenvalue weighted by Crippen LogP contribution is 2.36. The second-order valence-electron chi connectivity index (χ2n) is 10.4. The summed E-state index contributed by atoms with van der Waals surface area (Å²) in [4.78, 5) is 28.4. The first-order valence-corrected chi connectivity index (χ1v) is 15.2. The Bertz CT molecular complexity index is 1320. The first-order chi connectivity index (χ1) is 19.0. The van der Waals surface area contributed by atoms with Crippen LogP contribution in [-0.4, -0.2) is 86.6 Å². The second kappa shape index (κ2) is 12.9. The van der Waals surface area contributed by atoms with Crippen LogP contribution in [0.3, 0.4) is 0 Å². The van der Waals surface area contributed by atoms with Crippen LogP contribution in [0.2, 0.25) is 5.02 Å². The first kappa shape index (κ1) is 30.3. The van der Waals surface area contributed by atoms with Gasteiger partial charge in [-0.2, -0.15) is 4.31 Å². The van der Waals surface area contributed by atoms with E-state index in [-0.39, 0.29) is 59.6 Å². The highest BCUT2D eigenvalue weighted by Gasteiger charge is 2.36. The highest BCUT2D eigenvalue weighted by molar-refractivity contribution is 7.89. The summed E-state index contributed by atoms with van der Waals surface area (Å²) in [6.45, 7) is 4.58. The van der Waals surface area contributed by atoms with Gasteiger partial charge in [0.2, 0.25) is 15.9 Å². The molecule has 3 atom stereocenters. The van der Waals surface area contributed by atoms with Crippen LogP contribution in [-0.2, 0) is 19.6 Å². The van der Waals surface area contributed by atoms with Crippen molar-refractivity contribution in [3.8, 4) is 5.75 Å². The van der Waals surface area contributed by atoms with E-state index < -0.39 is 22.2 Å². The van der Waals surface area contributed by atoms with E-state index in [0.29, 0.717) is 36.8 Å². The number of carbonyl (C=O) groups excluding carboxylic acids is 2. The third-order valence-electron chi connectivity index (χ3n) is 7.50. The van der Waals surface area contributed by atoms with Gasteiger partial charge < -0.3 is 24.8 Å². The zero-order valence-corrected chi connectivity index (χ0v) is 24.5. The Morgan fingerprint density at radius 3 is 2.52 bits per heavy atom. The summed E-state index contributed by atoms with van der Waals surface area (Å²) < 4.78 is 39.7. The number of halogens is 1. The molecular weight excluding hydrogens is 558 g/mol. The summed E-state index contributed by atoms with van der Waals surface area (Å²) in [5.41, 5.74) is 0.562. The Morgan fingerprint density at radius 2 is 1.88 bits per heavy atom. The van der Waals surface area contributed by atoms with Crippen molar-refractivity contribution in [2.45, 2.75) is 43.7 Å². The molecule has 0 unspecified atom stereocenters. The molecule has 0 saturated carbocycles. The van der Waals surface area contributed by atoms with Gasteiger partial charge in [-0.1, -0.05) is 24.6 Å². The van der Waals surface area contributed by atoms with Crippen LogP contribution in [0.4, 0.5) is 5.69 Å². The third-order valence-corrected chi connectivity index (χ3v) is 9.59. The predicted octanol–water partition coefficient (Wildman–Crippen LogP) is 3.25. The molecule has 2 aromatic carbocycles. The number of hydrogen-bond donors (Lipinski definition) is 2. The monoisotopic (exact) mass is 593 g/mol. The number of para-hydroxylation sites is 1. The number of hydrogen-bond acceptors (Lipinski definition) is 7. The number of nitrogens with zero attached hydrogens (tertiary/aromatic N) is 2. The number of aliphatic hydroxyl groups excluding tert-OH is 1. The largest absolute Gasteiger partial charge is 0.486 e. The summed E-state index contributed by atoms with van der Waals surface area (Å²) in [6, 6.07) is 10.4. The molecule has 1 saturated heterocycles. The highest BCUT2D eigenvalue weighted by atomic mass is 35.5. The minimum Gasteiger partial charge on any atom is -0.486 e. The van der Waals surface area contributed by atoms with Crippen LogP contribution in [0.15, 0.2) is 47.4 Å². The lowest BCUT2D eigenvalue weighted by Crippen LogP contribution is -2.50. The van der Waals surface area contributed by atoms with Gasteiger partial charge in [0.1, 0.15) is 6.10 Å². The summed E-state index contributed by atoms with van der Waals surface area (Å²) in [7, 11) is -2.40. The van der Waals surface area contributed by atoms with Gasteiger partial charge in [0.25, 0.3) is 5.91 Å². The van der Waals surface area contributed by atoms with Crippen LogP contribution in [0.5, 0.6) is 5.75 Å². The number of sulfonamides is 1. The van der Waals surface area contributed by atoms with Crippen molar-refractivity contribution in [2.24, 2.45) is 11.8 Å². The minimum atomic E-state index is -3.87. The molecule has 0 aliphatic carbocycles. The number of anilines is 1.